The van der Waals surface area contributed by atoms with Crippen LogP contribution in [-0.4, -0.2) is 41.3 Å². The number of benzene rings is 3. The number of anilines is 1. The average Bonchev–Trinajstić information content (AvgIpc) is 2.97. The molecule has 3 aromatic carbocycles. The number of phenols is 2. The van der Waals surface area contributed by atoms with Crippen LogP contribution in [-0.2, 0) is 11.3 Å². The Hall–Kier alpha value is -3.05. The van der Waals surface area contributed by atoms with E-state index in [4.69, 9.17) is 11.6 Å². The molecule has 0 aromatic heterocycles. The number of hydrogen-bond acceptors (Lipinski definition) is 4. The van der Waals surface area contributed by atoms with E-state index in [1.165, 1.54) is 6.07 Å². The van der Waals surface area contributed by atoms with Gasteiger partial charge in [0.15, 0.2) is 0 Å². The Bertz CT molecular complexity index is 1150. The molecule has 1 saturated heterocycles. The Morgan fingerprint density at radius 1 is 0.933 bits per heavy atom. The van der Waals surface area contributed by atoms with Crippen molar-refractivity contribution >= 4 is 49.5 Å². The van der Waals surface area contributed by atoms with Crippen LogP contribution >= 0.6 is 11.6 Å². The van der Waals surface area contributed by atoms with E-state index in [0.717, 1.165) is 5.56 Å². The van der Waals surface area contributed by atoms with E-state index in [1.54, 1.807) is 47.4 Å². The summed E-state index contributed by atoms with van der Waals surface area (Å²) in [5.74, 6) is -0.778. The third-order valence-electron chi connectivity index (χ3n) is 4.74. The Labute approximate surface area is 186 Å². The van der Waals surface area contributed by atoms with Gasteiger partial charge in [-0.15, -0.1) is 0 Å². The van der Waals surface area contributed by atoms with Crippen LogP contribution in [0.4, 0.5) is 5.69 Å². The van der Waals surface area contributed by atoms with Crippen molar-refractivity contribution in [2.45, 2.75) is 6.54 Å². The van der Waals surface area contributed by atoms with E-state index in [1.807, 2.05) is 35.2 Å². The summed E-state index contributed by atoms with van der Waals surface area (Å²) in [6.07, 6.45) is 1.58. The van der Waals surface area contributed by atoms with Crippen LogP contribution in [0, 0.1) is 0 Å². The fourth-order valence-electron chi connectivity index (χ4n) is 3.23. The normalized spacial score (nSPS) is 15.3. The van der Waals surface area contributed by atoms with Gasteiger partial charge in [0.1, 0.15) is 0 Å². The van der Waals surface area contributed by atoms with Gasteiger partial charge in [0.05, 0.1) is 0 Å². The first-order valence-electron chi connectivity index (χ1n) is 9.14. The number of nitrogens with zero attached hydrogens (tertiary/aromatic N) is 2. The van der Waals surface area contributed by atoms with Gasteiger partial charge < -0.3 is 0 Å². The summed E-state index contributed by atoms with van der Waals surface area (Å²) in [7, 11) is 0. The number of halogens is 1. The molecule has 1 fully saturated rings. The summed E-state index contributed by atoms with van der Waals surface area (Å²) >= 11 is 9.01. The second-order valence-corrected chi connectivity index (χ2v) is 7.92. The zero-order chi connectivity index (χ0) is 21.3. The molecular formula is C23H17ClN2O3Se. The molecule has 0 unspecified atom stereocenters. The first-order valence-corrected chi connectivity index (χ1v) is 10.4. The maximum atomic E-state index is 13.4. The fraction of sp³-hybridized carbons (Fsp3) is 0.0435. The van der Waals surface area contributed by atoms with Gasteiger partial charge in [0.25, 0.3) is 0 Å². The first kappa shape index (κ1) is 20.2. The number of carbonyl (C=O) groups excluding carboxylic acids is 1. The van der Waals surface area contributed by atoms with Gasteiger partial charge in [0.2, 0.25) is 0 Å². The number of amides is 1. The van der Waals surface area contributed by atoms with E-state index in [-0.39, 0.29) is 17.4 Å². The molecular weight excluding hydrogens is 467 g/mol. The van der Waals surface area contributed by atoms with E-state index in [2.05, 4.69) is 15.6 Å². The molecule has 3 aromatic rings. The Kier molecular flexibility index (Phi) is 5.64. The van der Waals surface area contributed by atoms with Crippen LogP contribution in [0.15, 0.2) is 78.5 Å². The molecule has 1 heterocycles. The van der Waals surface area contributed by atoms with Crippen molar-refractivity contribution in [1.82, 2.24) is 4.90 Å². The molecule has 0 atom stereocenters. The third kappa shape index (κ3) is 3.85. The van der Waals surface area contributed by atoms with Gasteiger partial charge in [-0.1, -0.05) is 0 Å². The summed E-state index contributed by atoms with van der Waals surface area (Å²) in [6, 6.07) is 21.4. The van der Waals surface area contributed by atoms with Crippen LogP contribution < -0.4 is 4.90 Å². The van der Waals surface area contributed by atoms with Crippen molar-refractivity contribution in [2.75, 3.05) is 4.90 Å². The molecule has 30 heavy (non-hydrogen) atoms. The number of aromatic hydroxyl groups is 2. The third-order valence-corrected chi connectivity index (χ3v) is 5.84. The topological polar surface area (TPSA) is 64.0 Å². The van der Waals surface area contributed by atoms with Crippen LogP contribution in [0.2, 0.25) is 5.02 Å². The summed E-state index contributed by atoms with van der Waals surface area (Å²) in [6.45, 7) is 0.449. The molecule has 1 aliphatic heterocycles. The Morgan fingerprint density at radius 2 is 1.63 bits per heavy atom. The minimum atomic E-state index is -0.274. The number of carbonyl (C=O) groups is 1. The van der Waals surface area contributed by atoms with Crippen LogP contribution in [0.5, 0.6) is 11.5 Å². The predicted octanol–water partition coefficient (Wildman–Crippen LogP) is 3.90. The summed E-state index contributed by atoms with van der Waals surface area (Å²) < 4.78 is 0.608. The van der Waals surface area contributed by atoms with E-state index < -0.39 is 0 Å². The number of phenolic OH excluding ortho intramolecular Hbond substituents is 2. The quantitative estimate of drug-likeness (QED) is 0.336. The van der Waals surface area contributed by atoms with Crippen molar-refractivity contribution < 1.29 is 15.0 Å². The van der Waals surface area contributed by atoms with E-state index in [9.17, 15) is 15.0 Å². The Morgan fingerprint density at radius 3 is 2.33 bits per heavy atom. The summed E-state index contributed by atoms with van der Waals surface area (Å²) in [4.78, 5) is 16.8. The molecule has 2 N–H and O–H groups in total. The van der Waals surface area contributed by atoms with E-state index in [0.29, 0.717) is 33.2 Å². The van der Waals surface area contributed by atoms with Crippen molar-refractivity contribution in [3.05, 3.63) is 94.6 Å². The fourth-order valence-corrected chi connectivity index (χ4v) is 4.09. The molecule has 0 radical (unpaired) electrons. The zero-order valence-electron chi connectivity index (χ0n) is 15.7. The number of para-hydroxylation sites is 1. The maximum absolute atomic E-state index is 13.4. The molecule has 0 bridgehead atoms. The van der Waals surface area contributed by atoms with Crippen LogP contribution in [0.25, 0.3) is 6.08 Å². The van der Waals surface area contributed by atoms with Crippen molar-refractivity contribution in [3.8, 4) is 11.5 Å². The molecule has 1 amide bonds. The van der Waals surface area contributed by atoms with Crippen molar-refractivity contribution in [3.63, 3.8) is 0 Å². The molecule has 0 saturated carbocycles. The summed E-state index contributed by atoms with van der Waals surface area (Å²) in [5, 5.41) is 20.6. The standard InChI is InChI=1S/C23H17ClN2O3Se/c24-17-9-11-18(12-10-17)26-22(29)19(13-16-7-4-8-20(27)21(16)28)25(23(26)30)14-15-5-2-1-3-6-15/h1-13,27-28H,14H2/b19-13+. The molecule has 0 spiro atoms. The van der Waals surface area contributed by atoms with Crippen LogP contribution in [0.1, 0.15) is 11.1 Å². The number of hydrogen-bond donors (Lipinski definition) is 2. The Balaban J connectivity index is 1.80. The summed E-state index contributed by atoms with van der Waals surface area (Å²) in [5.41, 5.74) is 2.40. The average molecular weight is 484 g/mol. The molecule has 150 valence electrons. The van der Waals surface area contributed by atoms with Gasteiger partial charge in [-0.2, -0.15) is 0 Å². The molecule has 5 nitrogen and oxygen atoms in total. The monoisotopic (exact) mass is 484 g/mol. The van der Waals surface area contributed by atoms with Gasteiger partial charge in [-0.25, -0.2) is 0 Å². The zero-order valence-corrected chi connectivity index (χ0v) is 18.2. The van der Waals surface area contributed by atoms with Gasteiger partial charge >= 0.3 is 187 Å². The molecule has 0 aliphatic carbocycles. The second-order valence-electron chi connectivity index (χ2n) is 6.72. The predicted molar refractivity (Wildman–Crippen MR) is 119 cm³/mol. The van der Waals surface area contributed by atoms with Crippen molar-refractivity contribution in [2.24, 2.45) is 0 Å². The van der Waals surface area contributed by atoms with Gasteiger partial charge in [-0.3, -0.25) is 0 Å². The van der Waals surface area contributed by atoms with E-state index >= 15 is 0 Å². The van der Waals surface area contributed by atoms with Crippen LogP contribution in [0.3, 0.4) is 0 Å². The molecule has 4 rings (SSSR count). The molecule has 7 heteroatoms. The van der Waals surface area contributed by atoms with Crippen molar-refractivity contribution in [1.29, 1.82) is 0 Å². The first-order chi connectivity index (χ1) is 14.5. The molecule has 1 aliphatic rings. The van der Waals surface area contributed by atoms with Gasteiger partial charge in [0, 0.05) is 0 Å². The number of rotatable bonds is 4. The second kappa shape index (κ2) is 8.36. The van der Waals surface area contributed by atoms with Gasteiger partial charge in [-0.05, 0) is 0 Å². The minimum absolute atomic E-state index is 0.244. The SMILES string of the molecule is O=C1/C(=C\c2cccc(O)c2O)N(Cc2ccccc2)C(=[Se])N1c1ccc(Cl)cc1.